The van der Waals surface area contributed by atoms with E-state index in [0.717, 1.165) is 18.4 Å². The van der Waals surface area contributed by atoms with Gasteiger partial charge in [0.05, 0.1) is 6.61 Å². The van der Waals surface area contributed by atoms with Gasteiger partial charge in [0.1, 0.15) is 5.82 Å². The molecule has 2 rings (SSSR count). The van der Waals surface area contributed by atoms with Crippen LogP contribution in [0.5, 0.6) is 0 Å². The van der Waals surface area contributed by atoms with E-state index in [0.29, 0.717) is 18.1 Å². The van der Waals surface area contributed by atoms with Crippen molar-refractivity contribution in [3.63, 3.8) is 0 Å². The molecule has 0 amide bonds. The van der Waals surface area contributed by atoms with Gasteiger partial charge in [-0.3, -0.25) is 4.99 Å². The molecular weight excluding hydrogens is 317 g/mol. The van der Waals surface area contributed by atoms with E-state index < -0.39 is 0 Å². The molecule has 0 aromatic heterocycles. The van der Waals surface area contributed by atoms with Gasteiger partial charge in [-0.2, -0.15) is 0 Å². The quantitative estimate of drug-likeness (QED) is 0.535. The van der Waals surface area contributed by atoms with Gasteiger partial charge in [0, 0.05) is 25.2 Å². The molecule has 0 radical (unpaired) electrons. The fraction of sp³-hybridized carbons (Fsp3) is 0.350. The van der Waals surface area contributed by atoms with Gasteiger partial charge in [-0.25, -0.2) is 4.39 Å². The molecule has 0 bridgehead atoms. The molecule has 4 nitrogen and oxygen atoms in total. The highest BCUT2D eigenvalue weighted by molar-refractivity contribution is 5.79. The number of aliphatic imine (C=N–C) groups is 1. The Labute approximate surface area is 148 Å². The van der Waals surface area contributed by atoms with Crippen LogP contribution in [0.4, 0.5) is 4.39 Å². The van der Waals surface area contributed by atoms with E-state index in [1.165, 1.54) is 11.6 Å². The molecule has 0 saturated heterocycles. The Morgan fingerprint density at radius 2 is 1.92 bits per heavy atom. The standard InChI is InChI=1S/C20H26FN3O/c1-15(8-9-16-6-4-3-5-7-16)24-20(22-2)23-13-17-10-11-19(21)18(12-17)14-25/h3-7,10-12,15,25H,8-9,13-14H2,1-2H3,(H2,22,23,24). The van der Waals surface area contributed by atoms with Crippen molar-refractivity contribution in [3.8, 4) is 0 Å². The zero-order chi connectivity index (χ0) is 18.1. The van der Waals surface area contributed by atoms with Crippen LogP contribution in [0.15, 0.2) is 53.5 Å². The van der Waals surface area contributed by atoms with Crippen LogP contribution in [0.1, 0.15) is 30.0 Å². The zero-order valence-corrected chi connectivity index (χ0v) is 14.8. The van der Waals surface area contributed by atoms with Gasteiger partial charge in [0.15, 0.2) is 5.96 Å². The predicted molar refractivity (Wildman–Crippen MR) is 99.9 cm³/mol. The van der Waals surface area contributed by atoms with Crippen molar-refractivity contribution in [3.05, 3.63) is 71.0 Å². The molecule has 1 atom stereocenters. The SMILES string of the molecule is CN=C(NCc1ccc(F)c(CO)c1)NC(C)CCc1ccccc1. The monoisotopic (exact) mass is 343 g/mol. The molecule has 134 valence electrons. The molecule has 0 spiro atoms. The first-order valence-corrected chi connectivity index (χ1v) is 8.51. The van der Waals surface area contributed by atoms with Crippen molar-refractivity contribution in [1.82, 2.24) is 10.6 Å². The molecule has 0 heterocycles. The van der Waals surface area contributed by atoms with Gasteiger partial charge in [-0.15, -0.1) is 0 Å². The van der Waals surface area contributed by atoms with Crippen LogP contribution >= 0.6 is 0 Å². The number of aryl methyl sites for hydroxylation is 1. The molecule has 3 N–H and O–H groups in total. The molecule has 2 aromatic rings. The van der Waals surface area contributed by atoms with Crippen LogP contribution in [-0.4, -0.2) is 24.2 Å². The Balaban J connectivity index is 1.81. The number of halogens is 1. The lowest BCUT2D eigenvalue weighted by Crippen LogP contribution is -2.42. The van der Waals surface area contributed by atoms with Crippen LogP contribution in [0.2, 0.25) is 0 Å². The summed E-state index contributed by atoms with van der Waals surface area (Å²) in [7, 11) is 1.73. The molecule has 0 aliphatic heterocycles. The van der Waals surface area contributed by atoms with E-state index in [4.69, 9.17) is 5.11 Å². The molecule has 0 saturated carbocycles. The van der Waals surface area contributed by atoms with Gasteiger partial charge in [-0.05, 0) is 43.0 Å². The topological polar surface area (TPSA) is 56.7 Å². The molecule has 5 heteroatoms. The first-order valence-electron chi connectivity index (χ1n) is 8.51. The number of nitrogens with one attached hydrogen (secondary N) is 2. The first-order chi connectivity index (χ1) is 12.1. The molecule has 0 fully saturated rings. The highest BCUT2D eigenvalue weighted by Crippen LogP contribution is 2.10. The maximum absolute atomic E-state index is 13.4. The molecule has 0 aliphatic carbocycles. The minimum atomic E-state index is -0.386. The second kappa shape index (κ2) is 9.79. The van der Waals surface area contributed by atoms with Crippen molar-refractivity contribution in [2.45, 2.75) is 39.0 Å². The molecule has 1 unspecified atom stereocenters. The van der Waals surface area contributed by atoms with E-state index in [1.54, 1.807) is 19.2 Å². The van der Waals surface area contributed by atoms with E-state index in [-0.39, 0.29) is 18.5 Å². The Morgan fingerprint density at radius 3 is 2.60 bits per heavy atom. The Morgan fingerprint density at radius 1 is 1.16 bits per heavy atom. The second-order valence-corrected chi connectivity index (χ2v) is 6.08. The maximum atomic E-state index is 13.4. The third-order valence-electron chi connectivity index (χ3n) is 4.06. The summed E-state index contributed by atoms with van der Waals surface area (Å²) in [6.45, 7) is 2.33. The van der Waals surface area contributed by atoms with E-state index >= 15 is 0 Å². The Hall–Kier alpha value is -2.40. The predicted octanol–water partition coefficient (Wildman–Crippen LogP) is 3.00. The number of aliphatic hydroxyl groups is 1. The lowest BCUT2D eigenvalue weighted by Gasteiger charge is -2.18. The van der Waals surface area contributed by atoms with Crippen LogP contribution < -0.4 is 10.6 Å². The van der Waals surface area contributed by atoms with Gasteiger partial charge in [-0.1, -0.05) is 36.4 Å². The Bertz CT molecular complexity index is 689. The fourth-order valence-electron chi connectivity index (χ4n) is 2.57. The lowest BCUT2D eigenvalue weighted by atomic mass is 10.1. The maximum Gasteiger partial charge on any atom is 0.191 e. The smallest absolute Gasteiger partial charge is 0.191 e. The van der Waals surface area contributed by atoms with E-state index in [9.17, 15) is 4.39 Å². The second-order valence-electron chi connectivity index (χ2n) is 6.08. The summed E-state index contributed by atoms with van der Waals surface area (Å²) in [4.78, 5) is 4.23. The number of guanidine groups is 1. The summed E-state index contributed by atoms with van der Waals surface area (Å²) in [6, 6.07) is 15.4. The van der Waals surface area contributed by atoms with Gasteiger partial charge in [0.25, 0.3) is 0 Å². The molecule has 2 aromatic carbocycles. The summed E-state index contributed by atoms with van der Waals surface area (Å²) in [5, 5.41) is 15.7. The zero-order valence-electron chi connectivity index (χ0n) is 14.8. The van der Waals surface area contributed by atoms with Crippen LogP contribution in [-0.2, 0) is 19.6 Å². The lowest BCUT2D eigenvalue weighted by molar-refractivity contribution is 0.275. The van der Waals surface area contributed by atoms with Crippen molar-refractivity contribution < 1.29 is 9.50 Å². The number of benzene rings is 2. The van der Waals surface area contributed by atoms with Crippen LogP contribution in [0.25, 0.3) is 0 Å². The van der Waals surface area contributed by atoms with Gasteiger partial charge < -0.3 is 15.7 Å². The number of hydrogen-bond donors (Lipinski definition) is 3. The average Bonchev–Trinajstić information content (AvgIpc) is 2.65. The number of aliphatic hydroxyl groups excluding tert-OH is 1. The molecule has 25 heavy (non-hydrogen) atoms. The molecule has 0 aliphatic rings. The normalized spacial score (nSPS) is 12.7. The molecular formula is C20H26FN3O. The highest BCUT2D eigenvalue weighted by atomic mass is 19.1. The Kier molecular flexibility index (Phi) is 7.41. The highest BCUT2D eigenvalue weighted by Gasteiger charge is 2.07. The minimum absolute atomic E-state index is 0.271. The summed E-state index contributed by atoms with van der Waals surface area (Å²) < 4.78 is 13.4. The third kappa shape index (κ3) is 6.19. The average molecular weight is 343 g/mol. The van der Waals surface area contributed by atoms with Crippen LogP contribution in [0.3, 0.4) is 0 Å². The first kappa shape index (κ1) is 18.9. The van der Waals surface area contributed by atoms with Crippen molar-refractivity contribution in [2.75, 3.05) is 7.05 Å². The summed E-state index contributed by atoms with van der Waals surface area (Å²) in [6.07, 6.45) is 2.00. The summed E-state index contributed by atoms with van der Waals surface area (Å²) >= 11 is 0. The van der Waals surface area contributed by atoms with Crippen molar-refractivity contribution in [1.29, 1.82) is 0 Å². The van der Waals surface area contributed by atoms with Crippen molar-refractivity contribution >= 4 is 5.96 Å². The van der Waals surface area contributed by atoms with Crippen LogP contribution in [0, 0.1) is 5.82 Å². The summed E-state index contributed by atoms with van der Waals surface area (Å²) in [5.74, 6) is 0.318. The number of nitrogens with zero attached hydrogens (tertiary/aromatic N) is 1. The third-order valence-corrected chi connectivity index (χ3v) is 4.06. The number of hydrogen-bond acceptors (Lipinski definition) is 2. The van der Waals surface area contributed by atoms with E-state index in [1.807, 2.05) is 6.07 Å². The minimum Gasteiger partial charge on any atom is -0.392 e. The van der Waals surface area contributed by atoms with Gasteiger partial charge in [0.2, 0.25) is 0 Å². The summed E-state index contributed by atoms with van der Waals surface area (Å²) in [5.41, 5.74) is 2.52. The number of rotatable bonds is 7. The fourth-order valence-corrected chi connectivity index (χ4v) is 2.57. The van der Waals surface area contributed by atoms with Gasteiger partial charge >= 0.3 is 0 Å². The van der Waals surface area contributed by atoms with Crippen molar-refractivity contribution in [2.24, 2.45) is 4.99 Å². The van der Waals surface area contributed by atoms with E-state index in [2.05, 4.69) is 46.8 Å². The largest absolute Gasteiger partial charge is 0.392 e.